The van der Waals surface area contributed by atoms with Gasteiger partial charge in [-0.05, 0) is 12.1 Å². The minimum atomic E-state index is 0.434. The molecular formula is C10H12N4OS. The third-order valence-corrected chi connectivity index (χ3v) is 2.77. The van der Waals surface area contributed by atoms with Crippen LogP contribution in [0.3, 0.4) is 0 Å². The second kappa shape index (κ2) is 4.80. The first-order chi connectivity index (χ1) is 7.79. The molecule has 0 amide bonds. The van der Waals surface area contributed by atoms with Gasteiger partial charge in [0.1, 0.15) is 10.8 Å². The van der Waals surface area contributed by atoms with Crippen molar-refractivity contribution in [2.75, 3.05) is 18.2 Å². The largest absolute Gasteiger partial charge is 0.479 e. The molecule has 0 aliphatic rings. The Morgan fingerprint density at radius 1 is 1.50 bits per heavy atom. The quantitative estimate of drug-likeness (QED) is 0.846. The fraction of sp³-hybridized carbons (Fsp3) is 0.200. The van der Waals surface area contributed by atoms with Gasteiger partial charge in [0.25, 0.3) is 0 Å². The number of nitrogens with one attached hydrogen (secondary N) is 1. The monoisotopic (exact) mass is 236 g/mol. The molecule has 0 saturated carbocycles. The number of thiazole rings is 1. The van der Waals surface area contributed by atoms with Crippen molar-refractivity contribution >= 4 is 22.8 Å². The highest BCUT2D eigenvalue weighted by Gasteiger charge is 2.03. The Balaban J connectivity index is 2.04. The minimum absolute atomic E-state index is 0.434. The van der Waals surface area contributed by atoms with Crippen LogP contribution >= 0.6 is 11.3 Å². The summed E-state index contributed by atoms with van der Waals surface area (Å²) in [6, 6.07) is 3.57. The number of ether oxygens (including phenoxy) is 1. The lowest BCUT2D eigenvalue weighted by Gasteiger charge is -2.07. The van der Waals surface area contributed by atoms with Gasteiger partial charge in [0.05, 0.1) is 19.3 Å². The van der Waals surface area contributed by atoms with Gasteiger partial charge in [-0.1, -0.05) is 0 Å². The SMILES string of the molecule is COc1nc(NCc2nccs2)ccc1N. The zero-order valence-electron chi connectivity index (χ0n) is 8.80. The molecule has 2 aromatic heterocycles. The van der Waals surface area contributed by atoms with E-state index in [-0.39, 0.29) is 0 Å². The molecule has 0 saturated heterocycles. The van der Waals surface area contributed by atoms with E-state index in [4.69, 9.17) is 10.5 Å². The van der Waals surface area contributed by atoms with Gasteiger partial charge in [-0.15, -0.1) is 11.3 Å². The number of rotatable bonds is 4. The smallest absolute Gasteiger partial charge is 0.238 e. The lowest BCUT2D eigenvalue weighted by molar-refractivity contribution is 0.401. The Labute approximate surface area is 97.3 Å². The maximum absolute atomic E-state index is 5.67. The van der Waals surface area contributed by atoms with E-state index in [2.05, 4.69) is 15.3 Å². The van der Waals surface area contributed by atoms with Crippen LogP contribution < -0.4 is 15.8 Å². The Kier molecular flexibility index (Phi) is 3.21. The van der Waals surface area contributed by atoms with Gasteiger partial charge in [-0.25, -0.2) is 4.98 Å². The van der Waals surface area contributed by atoms with E-state index < -0.39 is 0 Å². The summed E-state index contributed by atoms with van der Waals surface area (Å²) in [6.07, 6.45) is 1.78. The van der Waals surface area contributed by atoms with Gasteiger partial charge in [0.2, 0.25) is 5.88 Å². The van der Waals surface area contributed by atoms with E-state index in [1.54, 1.807) is 30.7 Å². The summed E-state index contributed by atoms with van der Waals surface area (Å²) < 4.78 is 5.03. The standard InChI is InChI=1S/C10H12N4OS/c1-15-10-7(11)2-3-8(14-10)13-6-9-12-4-5-16-9/h2-5H,6,11H2,1H3,(H,13,14). The van der Waals surface area contributed by atoms with E-state index in [9.17, 15) is 0 Å². The number of nitrogens with zero attached hydrogens (tertiary/aromatic N) is 2. The van der Waals surface area contributed by atoms with Crippen molar-refractivity contribution in [2.24, 2.45) is 0 Å². The van der Waals surface area contributed by atoms with Crippen molar-refractivity contribution in [3.05, 3.63) is 28.7 Å². The number of aromatic nitrogens is 2. The molecule has 0 unspecified atom stereocenters. The molecule has 0 radical (unpaired) electrons. The molecule has 5 nitrogen and oxygen atoms in total. The van der Waals surface area contributed by atoms with Crippen LogP contribution in [0.15, 0.2) is 23.7 Å². The maximum Gasteiger partial charge on any atom is 0.238 e. The Hall–Kier alpha value is -1.82. The number of pyridine rings is 1. The molecule has 0 atom stereocenters. The fourth-order valence-electron chi connectivity index (χ4n) is 1.22. The van der Waals surface area contributed by atoms with Gasteiger partial charge >= 0.3 is 0 Å². The average molecular weight is 236 g/mol. The predicted octanol–water partition coefficient (Wildman–Crippen LogP) is 1.74. The van der Waals surface area contributed by atoms with Gasteiger partial charge in [0, 0.05) is 11.6 Å². The summed E-state index contributed by atoms with van der Waals surface area (Å²) in [5.41, 5.74) is 6.20. The van der Waals surface area contributed by atoms with Crippen LogP contribution in [-0.2, 0) is 6.54 Å². The van der Waals surface area contributed by atoms with Gasteiger partial charge in [-0.2, -0.15) is 4.98 Å². The number of nitrogens with two attached hydrogens (primary N) is 1. The summed E-state index contributed by atoms with van der Waals surface area (Å²) in [7, 11) is 1.54. The van der Waals surface area contributed by atoms with E-state index in [0.717, 1.165) is 10.8 Å². The minimum Gasteiger partial charge on any atom is -0.479 e. The normalized spacial score (nSPS) is 10.1. The average Bonchev–Trinajstić information content (AvgIpc) is 2.81. The van der Waals surface area contributed by atoms with Gasteiger partial charge < -0.3 is 15.8 Å². The topological polar surface area (TPSA) is 73.1 Å². The van der Waals surface area contributed by atoms with Crippen molar-refractivity contribution in [2.45, 2.75) is 6.54 Å². The number of methoxy groups -OCH3 is 1. The van der Waals surface area contributed by atoms with Gasteiger partial charge in [-0.3, -0.25) is 0 Å². The Morgan fingerprint density at radius 2 is 2.38 bits per heavy atom. The first kappa shape index (κ1) is 10.7. The van der Waals surface area contributed by atoms with E-state index >= 15 is 0 Å². The predicted molar refractivity (Wildman–Crippen MR) is 64.6 cm³/mol. The molecule has 2 aromatic rings. The molecule has 2 heterocycles. The zero-order chi connectivity index (χ0) is 11.4. The van der Waals surface area contributed by atoms with Crippen molar-refractivity contribution in [3.63, 3.8) is 0 Å². The highest BCUT2D eigenvalue weighted by atomic mass is 32.1. The van der Waals surface area contributed by atoms with Crippen LogP contribution in [0.2, 0.25) is 0 Å². The lowest BCUT2D eigenvalue weighted by Crippen LogP contribution is -2.03. The summed E-state index contributed by atoms with van der Waals surface area (Å²) in [6.45, 7) is 0.651. The van der Waals surface area contributed by atoms with Crippen LogP contribution in [0.5, 0.6) is 5.88 Å². The van der Waals surface area contributed by atoms with Crippen molar-refractivity contribution < 1.29 is 4.74 Å². The van der Waals surface area contributed by atoms with Crippen molar-refractivity contribution in [1.29, 1.82) is 0 Å². The zero-order valence-corrected chi connectivity index (χ0v) is 9.62. The molecule has 0 spiro atoms. The number of hydrogen-bond acceptors (Lipinski definition) is 6. The fourth-order valence-corrected chi connectivity index (χ4v) is 1.78. The molecule has 84 valence electrons. The van der Waals surface area contributed by atoms with Crippen LogP contribution in [-0.4, -0.2) is 17.1 Å². The molecular weight excluding hydrogens is 224 g/mol. The Morgan fingerprint density at radius 3 is 3.06 bits per heavy atom. The molecule has 0 aliphatic carbocycles. The molecule has 0 aromatic carbocycles. The van der Waals surface area contributed by atoms with E-state index in [1.807, 2.05) is 11.4 Å². The summed E-state index contributed by atoms with van der Waals surface area (Å²) in [5, 5.41) is 6.10. The third kappa shape index (κ3) is 2.40. The molecule has 3 N–H and O–H groups in total. The summed E-state index contributed by atoms with van der Waals surface area (Å²) in [5.74, 6) is 1.16. The first-order valence-corrected chi connectivity index (χ1v) is 5.60. The first-order valence-electron chi connectivity index (χ1n) is 4.72. The lowest BCUT2D eigenvalue weighted by atomic mass is 10.4. The van der Waals surface area contributed by atoms with E-state index in [1.165, 1.54) is 0 Å². The molecule has 16 heavy (non-hydrogen) atoms. The molecule has 0 aliphatic heterocycles. The molecule has 0 fully saturated rings. The highest BCUT2D eigenvalue weighted by Crippen LogP contribution is 2.20. The highest BCUT2D eigenvalue weighted by molar-refractivity contribution is 7.09. The van der Waals surface area contributed by atoms with Crippen LogP contribution in [0.4, 0.5) is 11.5 Å². The van der Waals surface area contributed by atoms with E-state index in [0.29, 0.717) is 18.1 Å². The molecule has 0 bridgehead atoms. The van der Waals surface area contributed by atoms with Crippen molar-refractivity contribution in [3.8, 4) is 5.88 Å². The second-order valence-electron chi connectivity index (χ2n) is 3.07. The molecule has 2 rings (SSSR count). The number of nitrogen functional groups attached to an aromatic ring is 1. The summed E-state index contributed by atoms with van der Waals surface area (Å²) in [4.78, 5) is 8.37. The van der Waals surface area contributed by atoms with Crippen LogP contribution in [0.1, 0.15) is 5.01 Å². The van der Waals surface area contributed by atoms with Gasteiger partial charge in [0.15, 0.2) is 0 Å². The summed E-state index contributed by atoms with van der Waals surface area (Å²) >= 11 is 1.60. The number of anilines is 2. The third-order valence-electron chi connectivity index (χ3n) is 1.99. The Bertz CT molecular complexity index is 458. The molecule has 6 heteroatoms. The van der Waals surface area contributed by atoms with Crippen LogP contribution in [0, 0.1) is 0 Å². The maximum atomic E-state index is 5.67. The van der Waals surface area contributed by atoms with Crippen LogP contribution in [0.25, 0.3) is 0 Å². The van der Waals surface area contributed by atoms with Crippen molar-refractivity contribution in [1.82, 2.24) is 9.97 Å². The second-order valence-corrected chi connectivity index (χ2v) is 4.05. The number of hydrogen-bond donors (Lipinski definition) is 2.